The first kappa shape index (κ1) is 12.9. The van der Waals surface area contributed by atoms with E-state index in [2.05, 4.69) is 26.2 Å². The molecule has 0 radical (unpaired) electrons. The molecule has 0 fully saturated rings. The summed E-state index contributed by atoms with van der Waals surface area (Å²) < 4.78 is 5.45. The second-order valence-electron chi connectivity index (χ2n) is 3.49. The van der Waals surface area contributed by atoms with Crippen LogP contribution in [0.4, 0.5) is 0 Å². The fraction of sp³-hybridized carbons (Fsp3) is 0.333. The summed E-state index contributed by atoms with van der Waals surface area (Å²) in [7, 11) is 1.49. The fourth-order valence-corrected chi connectivity index (χ4v) is 2.07. The lowest BCUT2D eigenvalue weighted by Crippen LogP contribution is -2.26. The highest BCUT2D eigenvalue weighted by Crippen LogP contribution is 2.16. The third-order valence-corrected chi connectivity index (χ3v) is 2.97. The van der Waals surface area contributed by atoms with E-state index >= 15 is 0 Å². The third kappa shape index (κ3) is 2.81. The van der Waals surface area contributed by atoms with Crippen molar-refractivity contribution in [2.45, 2.75) is 5.33 Å². The molecule has 0 saturated heterocycles. The zero-order chi connectivity index (χ0) is 12.8. The van der Waals surface area contributed by atoms with Crippen LogP contribution in [0, 0.1) is 0 Å². The molecule has 96 valence electrons. The van der Waals surface area contributed by atoms with Gasteiger partial charge in [-0.3, -0.25) is 0 Å². The SMILES string of the molecule is CON=C(C1=NOCCO1)c1ccccc1CBr. The molecule has 1 aromatic carbocycles. The highest BCUT2D eigenvalue weighted by Gasteiger charge is 2.20. The van der Waals surface area contributed by atoms with Crippen molar-refractivity contribution in [2.75, 3.05) is 20.3 Å². The smallest absolute Gasteiger partial charge is 0.280 e. The molecular formula is C12H13BrN2O3. The molecule has 0 aliphatic carbocycles. The second kappa shape index (κ2) is 6.39. The minimum Gasteiger partial charge on any atom is -0.470 e. The van der Waals surface area contributed by atoms with E-state index < -0.39 is 0 Å². The molecule has 0 aromatic heterocycles. The lowest BCUT2D eigenvalue weighted by Gasteiger charge is -2.16. The lowest BCUT2D eigenvalue weighted by molar-refractivity contribution is 0.0672. The summed E-state index contributed by atoms with van der Waals surface area (Å²) in [6.07, 6.45) is 0. The Morgan fingerprint density at radius 3 is 2.94 bits per heavy atom. The van der Waals surface area contributed by atoms with Gasteiger partial charge in [0.2, 0.25) is 0 Å². The Labute approximate surface area is 114 Å². The predicted molar refractivity (Wildman–Crippen MR) is 72.0 cm³/mol. The van der Waals surface area contributed by atoms with Crippen LogP contribution in [0.3, 0.4) is 0 Å². The number of hydrogen-bond acceptors (Lipinski definition) is 5. The number of benzene rings is 1. The molecule has 1 aliphatic heterocycles. The number of hydrogen-bond donors (Lipinski definition) is 0. The Hall–Kier alpha value is -1.56. The first-order valence-electron chi connectivity index (χ1n) is 5.45. The van der Waals surface area contributed by atoms with Crippen LogP contribution >= 0.6 is 15.9 Å². The van der Waals surface area contributed by atoms with Crippen molar-refractivity contribution >= 4 is 27.5 Å². The van der Waals surface area contributed by atoms with Gasteiger partial charge in [0.15, 0.2) is 12.3 Å². The van der Waals surface area contributed by atoms with Crippen molar-refractivity contribution in [3.8, 4) is 0 Å². The van der Waals surface area contributed by atoms with Crippen LogP contribution < -0.4 is 0 Å². The number of ether oxygens (including phenoxy) is 1. The monoisotopic (exact) mass is 312 g/mol. The van der Waals surface area contributed by atoms with Crippen molar-refractivity contribution in [1.82, 2.24) is 0 Å². The van der Waals surface area contributed by atoms with Crippen LogP contribution in [0.1, 0.15) is 11.1 Å². The van der Waals surface area contributed by atoms with Crippen molar-refractivity contribution in [3.63, 3.8) is 0 Å². The Bertz CT molecular complexity index is 474. The average molecular weight is 313 g/mol. The summed E-state index contributed by atoms with van der Waals surface area (Å²) in [5, 5.41) is 8.56. The maximum absolute atomic E-state index is 5.45. The van der Waals surface area contributed by atoms with E-state index in [0.717, 1.165) is 11.1 Å². The maximum atomic E-state index is 5.45. The average Bonchev–Trinajstić information content (AvgIpc) is 2.46. The van der Waals surface area contributed by atoms with Gasteiger partial charge in [0.1, 0.15) is 13.7 Å². The lowest BCUT2D eigenvalue weighted by atomic mass is 10.0. The molecular weight excluding hydrogens is 300 g/mol. The molecule has 1 aromatic rings. The summed E-state index contributed by atoms with van der Waals surface area (Å²) >= 11 is 3.44. The number of alkyl halides is 1. The molecule has 0 atom stereocenters. The van der Waals surface area contributed by atoms with Gasteiger partial charge < -0.3 is 14.4 Å². The minimum atomic E-state index is 0.344. The highest BCUT2D eigenvalue weighted by atomic mass is 79.9. The normalized spacial score (nSPS) is 15.4. The van der Waals surface area contributed by atoms with Gasteiger partial charge >= 0.3 is 0 Å². The minimum absolute atomic E-state index is 0.344. The molecule has 6 heteroatoms. The molecule has 5 nitrogen and oxygen atoms in total. The molecule has 1 aliphatic rings. The molecule has 2 rings (SSSR count). The van der Waals surface area contributed by atoms with E-state index in [4.69, 9.17) is 14.4 Å². The zero-order valence-electron chi connectivity index (χ0n) is 9.93. The summed E-state index contributed by atoms with van der Waals surface area (Å²) in [6, 6.07) is 7.83. The van der Waals surface area contributed by atoms with Gasteiger partial charge in [-0.1, -0.05) is 45.4 Å². The van der Waals surface area contributed by atoms with E-state index in [1.54, 1.807) is 0 Å². The van der Waals surface area contributed by atoms with Gasteiger partial charge in [-0.2, -0.15) is 0 Å². The quantitative estimate of drug-likeness (QED) is 0.487. The summed E-state index contributed by atoms with van der Waals surface area (Å²) in [5.74, 6) is 0.344. The van der Waals surface area contributed by atoms with E-state index in [1.807, 2.05) is 24.3 Å². The fourth-order valence-electron chi connectivity index (χ4n) is 1.58. The van der Waals surface area contributed by atoms with Crippen LogP contribution in [-0.2, 0) is 19.7 Å². The van der Waals surface area contributed by atoms with Crippen LogP contribution in [0.25, 0.3) is 0 Å². The summed E-state index contributed by atoms with van der Waals surface area (Å²) in [4.78, 5) is 9.89. The number of nitrogens with zero attached hydrogens (tertiary/aromatic N) is 2. The Balaban J connectivity index is 2.41. The van der Waals surface area contributed by atoms with Crippen molar-refractivity contribution < 1.29 is 14.4 Å². The van der Waals surface area contributed by atoms with Gasteiger partial charge in [0.05, 0.1) is 0 Å². The van der Waals surface area contributed by atoms with Gasteiger partial charge in [0, 0.05) is 10.9 Å². The Morgan fingerprint density at radius 1 is 1.44 bits per heavy atom. The van der Waals surface area contributed by atoms with E-state index in [9.17, 15) is 0 Å². The topological polar surface area (TPSA) is 52.4 Å². The zero-order valence-corrected chi connectivity index (χ0v) is 11.5. The largest absolute Gasteiger partial charge is 0.470 e. The van der Waals surface area contributed by atoms with Crippen LogP contribution in [-0.4, -0.2) is 31.9 Å². The first-order chi connectivity index (χ1) is 8.86. The second-order valence-corrected chi connectivity index (χ2v) is 4.05. The van der Waals surface area contributed by atoms with Crippen LogP contribution in [0.15, 0.2) is 34.6 Å². The van der Waals surface area contributed by atoms with Gasteiger partial charge in [-0.25, -0.2) is 0 Å². The van der Waals surface area contributed by atoms with E-state index in [-0.39, 0.29) is 0 Å². The predicted octanol–water partition coefficient (Wildman–Crippen LogP) is 2.29. The van der Waals surface area contributed by atoms with Gasteiger partial charge in [-0.05, 0) is 10.7 Å². The molecule has 0 bridgehead atoms. The molecule has 1 heterocycles. The molecule has 0 saturated carbocycles. The first-order valence-corrected chi connectivity index (χ1v) is 6.57. The highest BCUT2D eigenvalue weighted by molar-refractivity contribution is 9.08. The standard InChI is InChI=1S/C12H13BrN2O3/c1-16-14-11(12-15-18-7-6-17-12)10-5-3-2-4-9(10)8-13/h2-5H,6-8H2,1H3. The molecule has 0 unspecified atom stereocenters. The van der Waals surface area contributed by atoms with Crippen LogP contribution in [0.5, 0.6) is 0 Å². The summed E-state index contributed by atoms with van der Waals surface area (Å²) in [6.45, 7) is 0.905. The Morgan fingerprint density at radius 2 is 2.28 bits per heavy atom. The van der Waals surface area contributed by atoms with Crippen molar-refractivity contribution in [3.05, 3.63) is 35.4 Å². The van der Waals surface area contributed by atoms with Crippen molar-refractivity contribution in [1.29, 1.82) is 0 Å². The number of rotatable bonds is 4. The van der Waals surface area contributed by atoms with Crippen molar-refractivity contribution in [2.24, 2.45) is 10.3 Å². The van der Waals surface area contributed by atoms with E-state index in [1.165, 1.54) is 7.11 Å². The number of oxime groups is 2. The van der Waals surface area contributed by atoms with Gasteiger partial charge in [-0.15, -0.1) is 0 Å². The maximum Gasteiger partial charge on any atom is 0.280 e. The Kier molecular flexibility index (Phi) is 4.58. The number of halogens is 1. The van der Waals surface area contributed by atoms with Crippen LogP contribution in [0.2, 0.25) is 0 Å². The third-order valence-electron chi connectivity index (χ3n) is 2.36. The molecule has 18 heavy (non-hydrogen) atoms. The summed E-state index contributed by atoms with van der Waals surface area (Å²) in [5.41, 5.74) is 2.51. The molecule has 0 N–H and O–H groups in total. The van der Waals surface area contributed by atoms with Gasteiger partial charge in [0.25, 0.3) is 5.90 Å². The molecule has 0 amide bonds. The van der Waals surface area contributed by atoms with E-state index in [0.29, 0.717) is 30.2 Å². The molecule has 0 spiro atoms.